The van der Waals surface area contributed by atoms with Crippen LogP contribution in [0.25, 0.3) is 0 Å². The summed E-state index contributed by atoms with van der Waals surface area (Å²) in [6.45, 7) is 1.06. The summed E-state index contributed by atoms with van der Waals surface area (Å²) in [6, 6.07) is 0.476. The van der Waals surface area contributed by atoms with Crippen LogP contribution >= 0.6 is 0 Å². The topological polar surface area (TPSA) is 41.3 Å². The average Bonchev–Trinajstić information content (AvgIpc) is 2.77. The Hall–Kier alpha value is -0.120. The highest BCUT2D eigenvalue weighted by atomic mass is 15.3. The molecule has 2 rings (SSSR count). The summed E-state index contributed by atoms with van der Waals surface area (Å²) in [7, 11) is 4.23. The third-order valence-electron chi connectivity index (χ3n) is 4.29. The fraction of sp³-hybridized carbons (Fsp3) is 1.00. The van der Waals surface area contributed by atoms with E-state index < -0.39 is 0 Å². The van der Waals surface area contributed by atoms with E-state index in [0.29, 0.717) is 6.04 Å². The maximum atomic E-state index is 5.62. The summed E-state index contributed by atoms with van der Waals surface area (Å²) in [5.41, 5.74) is 2.98. The molecule has 0 aromatic carbocycles. The first kappa shape index (κ1) is 11.4. The molecule has 0 saturated heterocycles. The Morgan fingerprint density at radius 3 is 2.60 bits per heavy atom. The summed E-state index contributed by atoms with van der Waals surface area (Å²) in [4.78, 5) is 2.22. The van der Waals surface area contributed by atoms with Gasteiger partial charge in [0.15, 0.2) is 0 Å². The number of nitrogens with two attached hydrogens (primary N) is 1. The molecule has 0 spiro atoms. The van der Waals surface area contributed by atoms with E-state index in [1.165, 1.54) is 32.1 Å². The maximum Gasteiger partial charge on any atom is 0.0340 e. The number of fused-ring (bicyclic) bond motifs is 2. The van der Waals surface area contributed by atoms with Gasteiger partial charge in [-0.15, -0.1) is 0 Å². The summed E-state index contributed by atoms with van der Waals surface area (Å²) in [6.07, 6.45) is 7.22. The van der Waals surface area contributed by atoms with Crippen molar-refractivity contribution in [2.45, 2.75) is 38.1 Å². The fourth-order valence-electron chi connectivity index (χ4n) is 3.67. The fourth-order valence-corrected chi connectivity index (χ4v) is 3.67. The van der Waals surface area contributed by atoms with Crippen LogP contribution in [0.3, 0.4) is 0 Å². The minimum absolute atomic E-state index is 0.476. The summed E-state index contributed by atoms with van der Waals surface area (Å²) < 4.78 is 0. The van der Waals surface area contributed by atoms with E-state index in [2.05, 4.69) is 24.4 Å². The molecular formula is C12H25N3. The highest BCUT2D eigenvalue weighted by molar-refractivity contribution is 4.91. The smallest absolute Gasteiger partial charge is 0.0340 e. The molecule has 3 nitrogen and oxygen atoms in total. The van der Waals surface area contributed by atoms with Crippen molar-refractivity contribution in [1.82, 2.24) is 10.3 Å². The van der Waals surface area contributed by atoms with Crippen molar-refractivity contribution in [3.05, 3.63) is 0 Å². The van der Waals surface area contributed by atoms with Crippen molar-refractivity contribution in [3.8, 4) is 0 Å². The number of nitrogens with zero attached hydrogens (tertiary/aromatic N) is 1. The molecule has 0 aromatic heterocycles. The van der Waals surface area contributed by atoms with Crippen molar-refractivity contribution in [1.29, 1.82) is 0 Å². The predicted molar refractivity (Wildman–Crippen MR) is 63.2 cm³/mol. The van der Waals surface area contributed by atoms with Crippen LogP contribution in [0.2, 0.25) is 0 Å². The van der Waals surface area contributed by atoms with Crippen molar-refractivity contribution in [2.75, 3.05) is 20.6 Å². The molecular weight excluding hydrogens is 186 g/mol. The van der Waals surface area contributed by atoms with Gasteiger partial charge in [-0.25, -0.2) is 0 Å². The molecule has 2 aliphatic rings. The van der Waals surface area contributed by atoms with E-state index in [9.17, 15) is 0 Å². The lowest BCUT2D eigenvalue weighted by Crippen LogP contribution is -2.43. The van der Waals surface area contributed by atoms with Gasteiger partial charge in [-0.1, -0.05) is 6.42 Å². The molecule has 2 fully saturated rings. The van der Waals surface area contributed by atoms with E-state index in [0.717, 1.165) is 24.3 Å². The summed E-state index contributed by atoms with van der Waals surface area (Å²) >= 11 is 0. The lowest BCUT2D eigenvalue weighted by atomic mass is 9.84. The van der Waals surface area contributed by atoms with Gasteiger partial charge in [0.1, 0.15) is 0 Å². The van der Waals surface area contributed by atoms with E-state index in [1.54, 1.807) is 0 Å². The lowest BCUT2D eigenvalue weighted by Gasteiger charge is -2.27. The van der Waals surface area contributed by atoms with Crippen LogP contribution in [-0.2, 0) is 0 Å². The normalized spacial score (nSPS) is 36.4. The molecule has 2 bridgehead atoms. The van der Waals surface area contributed by atoms with Crippen LogP contribution in [0.1, 0.15) is 32.1 Å². The molecule has 15 heavy (non-hydrogen) atoms. The van der Waals surface area contributed by atoms with Gasteiger partial charge < -0.3 is 4.90 Å². The number of rotatable bonds is 5. The molecule has 0 aromatic rings. The SMILES string of the molecule is CN(C)CC(CC1CC2CCC1C2)NN. The van der Waals surface area contributed by atoms with Crippen LogP contribution in [0.5, 0.6) is 0 Å². The van der Waals surface area contributed by atoms with Gasteiger partial charge in [0, 0.05) is 12.6 Å². The first-order valence-electron chi connectivity index (χ1n) is 6.30. The molecule has 2 saturated carbocycles. The molecule has 0 heterocycles. The average molecular weight is 211 g/mol. The van der Waals surface area contributed by atoms with Crippen LogP contribution in [-0.4, -0.2) is 31.6 Å². The first-order valence-corrected chi connectivity index (χ1v) is 6.30. The van der Waals surface area contributed by atoms with Gasteiger partial charge >= 0.3 is 0 Å². The Kier molecular flexibility index (Phi) is 3.65. The van der Waals surface area contributed by atoms with Gasteiger partial charge in [-0.05, 0) is 57.5 Å². The monoisotopic (exact) mass is 211 g/mol. The van der Waals surface area contributed by atoms with E-state index in [4.69, 9.17) is 5.84 Å². The van der Waals surface area contributed by atoms with E-state index >= 15 is 0 Å². The van der Waals surface area contributed by atoms with Crippen LogP contribution in [0, 0.1) is 17.8 Å². The molecule has 4 unspecified atom stereocenters. The second kappa shape index (κ2) is 4.81. The van der Waals surface area contributed by atoms with Gasteiger partial charge in [-0.2, -0.15) is 0 Å². The van der Waals surface area contributed by atoms with Gasteiger partial charge in [-0.3, -0.25) is 11.3 Å². The lowest BCUT2D eigenvalue weighted by molar-refractivity contribution is 0.246. The molecule has 0 radical (unpaired) electrons. The summed E-state index contributed by atoms with van der Waals surface area (Å²) in [5, 5.41) is 0. The predicted octanol–water partition coefficient (Wildman–Crippen LogP) is 1.21. The van der Waals surface area contributed by atoms with Crippen LogP contribution < -0.4 is 11.3 Å². The van der Waals surface area contributed by atoms with E-state index in [1.807, 2.05) is 0 Å². The Balaban J connectivity index is 1.79. The van der Waals surface area contributed by atoms with Crippen molar-refractivity contribution >= 4 is 0 Å². The van der Waals surface area contributed by atoms with Gasteiger partial charge in [0.25, 0.3) is 0 Å². The Morgan fingerprint density at radius 2 is 2.13 bits per heavy atom. The van der Waals surface area contributed by atoms with Gasteiger partial charge in [0.2, 0.25) is 0 Å². The molecule has 3 N–H and O–H groups in total. The molecule has 0 amide bonds. The second-order valence-corrected chi connectivity index (χ2v) is 5.80. The number of hydrazine groups is 1. The number of nitrogens with one attached hydrogen (secondary N) is 1. The van der Waals surface area contributed by atoms with Crippen LogP contribution in [0.15, 0.2) is 0 Å². The zero-order valence-corrected chi connectivity index (χ0v) is 10.1. The largest absolute Gasteiger partial charge is 0.308 e. The third kappa shape index (κ3) is 2.71. The van der Waals surface area contributed by atoms with Crippen LogP contribution in [0.4, 0.5) is 0 Å². The first-order chi connectivity index (χ1) is 7.19. The zero-order chi connectivity index (χ0) is 10.8. The van der Waals surface area contributed by atoms with E-state index in [-0.39, 0.29) is 0 Å². The molecule has 88 valence electrons. The minimum atomic E-state index is 0.476. The van der Waals surface area contributed by atoms with Gasteiger partial charge in [0.05, 0.1) is 0 Å². The number of hydrogen-bond donors (Lipinski definition) is 2. The zero-order valence-electron chi connectivity index (χ0n) is 10.1. The Morgan fingerprint density at radius 1 is 1.33 bits per heavy atom. The number of likely N-dealkylation sites (N-methyl/N-ethyl adjacent to an activating group) is 1. The Bertz CT molecular complexity index is 205. The van der Waals surface area contributed by atoms with Crippen molar-refractivity contribution in [3.63, 3.8) is 0 Å². The number of hydrogen-bond acceptors (Lipinski definition) is 3. The standard InChI is InChI=1S/C12H25N3/c1-15(2)8-12(14-13)7-11-6-9-3-4-10(11)5-9/h9-12,14H,3-8,13H2,1-2H3. The third-order valence-corrected chi connectivity index (χ3v) is 4.29. The Labute approximate surface area is 93.4 Å². The molecule has 3 heteroatoms. The van der Waals surface area contributed by atoms with Crippen molar-refractivity contribution < 1.29 is 0 Å². The highest BCUT2D eigenvalue weighted by Gasteiger charge is 2.39. The highest BCUT2D eigenvalue weighted by Crippen LogP contribution is 2.49. The second-order valence-electron chi connectivity index (χ2n) is 5.80. The molecule has 0 aliphatic heterocycles. The maximum absolute atomic E-state index is 5.62. The minimum Gasteiger partial charge on any atom is -0.308 e. The quantitative estimate of drug-likeness (QED) is 0.530. The van der Waals surface area contributed by atoms with Crippen molar-refractivity contribution in [2.24, 2.45) is 23.6 Å². The summed E-state index contributed by atoms with van der Waals surface area (Å²) in [5.74, 6) is 8.64. The molecule has 2 aliphatic carbocycles. The molecule has 4 atom stereocenters.